The molecule has 1 unspecified atom stereocenters. The molecule has 2 N–H and O–H groups in total. The van der Waals surface area contributed by atoms with Crippen molar-refractivity contribution in [2.24, 2.45) is 0 Å². The van der Waals surface area contributed by atoms with Crippen molar-refractivity contribution in [3.8, 4) is 17.2 Å². The van der Waals surface area contributed by atoms with Gasteiger partial charge in [0.2, 0.25) is 5.75 Å². The lowest BCUT2D eigenvalue weighted by atomic mass is 10.2. The maximum Gasteiger partial charge on any atom is 0.203 e. The summed E-state index contributed by atoms with van der Waals surface area (Å²) in [6, 6.07) is 3.46. The van der Waals surface area contributed by atoms with Crippen LogP contribution in [0.15, 0.2) is 12.1 Å². The Hall–Kier alpha value is -1.62. The number of anilines is 1. The summed E-state index contributed by atoms with van der Waals surface area (Å²) in [6.07, 6.45) is -0.650. The lowest BCUT2D eigenvalue weighted by Crippen LogP contribution is -2.13. The number of methoxy groups -OCH3 is 3. The van der Waals surface area contributed by atoms with Gasteiger partial charge >= 0.3 is 0 Å². The molecule has 0 spiro atoms. The van der Waals surface area contributed by atoms with Crippen molar-refractivity contribution in [3.63, 3.8) is 0 Å². The second-order valence-corrected chi connectivity index (χ2v) is 3.23. The van der Waals surface area contributed by atoms with Gasteiger partial charge in [-0.2, -0.15) is 0 Å². The molecular weight excluding hydrogens is 210 g/mol. The zero-order chi connectivity index (χ0) is 12.1. The van der Waals surface area contributed by atoms with Gasteiger partial charge in [0.25, 0.3) is 0 Å². The van der Waals surface area contributed by atoms with E-state index in [0.717, 1.165) is 0 Å². The van der Waals surface area contributed by atoms with E-state index in [1.165, 1.54) is 0 Å². The van der Waals surface area contributed by atoms with Crippen LogP contribution in [0, 0.1) is 0 Å². The van der Waals surface area contributed by atoms with Gasteiger partial charge in [0.05, 0.1) is 21.3 Å². The third-order valence-corrected chi connectivity index (χ3v) is 2.04. The molecule has 1 atom stereocenters. The number of aliphatic hydroxyl groups excluding tert-OH is 1. The van der Waals surface area contributed by atoms with E-state index in [2.05, 4.69) is 5.32 Å². The molecule has 0 radical (unpaired) electrons. The molecule has 0 bridgehead atoms. The molecule has 0 saturated carbocycles. The van der Waals surface area contributed by atoms with Crippen LogP contribution in [0.5, 0.6) is 17.2 Å². The topological polar surface area (TPSA) is 60.0 Å². The van der Waals surface area contributed by atoms with Crippen molar-refractivity contribution in [2.75, 3.05) is 26.6 Å². The molecule has 16 heavy (non-hydrogen) atoms. The van der Waals surface area contributed by atoms with Crippen LogP contribution in [0.1, 0.15) is 6.92 Å². The maximum absolute atomic E-state index is 9.24. The monoisotopic (exact) mass is 227 g/mol. The summed E-state index contributed by atoms with van der Waals surface area (Å²) in [7, 11) is 4.63. The zero-order valence-electron chi connectivity index (χ0n) is 9.90. The van der Waals surface area contributed by atoms with Crippen molar-refractivity contribution >= 4 is 5.69 Å². The lowest BCUT2D eigenvalue weighted by Gasteiger charge is -2.16. The highest BCUT2D eigenvalue weighted by Gasteiger charge is 2.13. The van der Waals surface area contributed by atoms with Crippen molar-refractivity contribution in [1.82, 2.24) is 0 Å². The Bertz CT molecular complexity index is 327. The molecule has 5 nitrogen and oxygen atoms in total. The summed E-state index contributed by atoms with van der Waals surface area (Å²) >= 11 is 0. The number of hydrogen-bond acceptors (Lipinski definition) is 5. The van der Waals surface area contributed by atoms with Crippen LogP contribution in [-0.2, 0) is 0 Å². The Morgan fingerprint density at radius 2 is 1.56 bits per heavy atom. The van der Waals surface area contributed by atoms with Gasteiger partial charge in [0.1, 0.15) is 6.23 Å². The van der Waals surface area contributed by atoms with Gasteiger partial charge in [-0.05, 0) is 6.92 Å². The average molecular weight is 227 g/mol. The van der Waals surface area contributed by atoms with Gasteiger partial charge in [0.15, 0.2) is 11.5 Å². The van der Waals surface area contributed by atoms with Gasteiger partial charge in [-0.3, -0.25) is 0 Å². The molecule has 0 heterocycles. The molecule has 5 heteroatoms. The van der Waals surface area contributed by atoms with Crippen LogP contribution >= 0.6 is 0 Å². The summed E-state index contributed by atoms with van der Waals surface area (Å²) in [4.78, 5) is 0. The fraction of sp³-hybridized carbons (Fsp3) is 0.455. The number of ether oxygens (including phenoxy) is 3. The quantitative estimate of drug-likeness (QED) is 0.746. The third-order valence-electron chi connectivity index (χ3n) is 2.04. The predicted molar refractivity (Wildman–Crippen MR) is 61.4 cm³/mol. The highest BCUT2D eigenvalue weighted by Crippen LogP contribution is 2.39. The minimum atomic E-state index is -0.650. The highest BCUT2D eigenvalue weighted by molar-refractivity contribution is 5.62. The normalized spacial score (nSPS) is 11.8. The fourth-order valence-electron chi connectivity index (χ4n) is 1.41. The largest absolute Gasteiger partial charge is 0.493 e. The number of aliphatic hydroxyl groups is 1. The van der Waals surface area contributed by atoms with Crippen LogP contribution in [-0.4, -0.2) is 32.7 Å². The van der Waals surface area contributed by atoms with E-state index in [9.17, 15) is 5.11 Å². The second kappa shape index (κ2) is 5.46. The molecule has 0 aliphatic carbocycles. The molecule has 0 amide bonds. The van der Waals surface area contributed by atoms with Gasteiger partial charge in [-0.15, -0.1) is 0 Å². The summed E-state index contributed by atoms with van der Waals surface area (Å²) in [5.41, 5.74) is 0.699. The van der Waals surface area contributed by atoms with E-state index in [1.54, 1.807) is 40.4 Å². The van der Waals surface area contributed by atoms with Crippen molar-refractivity contribution in [2.45, 2.75) is 13.2 Å². The Morgan fingerprint density at radius 1 is 1.06 bits per heavy atom. The third kappa shape index (κ3) is 2.70. The molecule has 1 aromatic carbocycles. The zero-order valence-corrected chi connectivity index (χ0v) is 9.90. The Kier molecular flexibility index (Phi) is 4.25. The smallest absolute Gasteiger partial charge is 0.203 e. The molecule has 0 aliphatic heterocycles. The predicted octanol–water partition coefficient (Wildman–Crippen LogP) is 1.46. The lowest BCUT2D eigenvalue weighted by molar-refractivity contribution is 0.224. The van der Waals surface area contributed by atoms with Crippen molar-refractivity contribution < 1.29 is 19.3 Å². The van der Waals surface area contributed by atoms with E-state index in [1.807, 2.05) is 0 Å². The summed E-state index contributed by atoms with van der Waals surface area (Å²) in [5, 5.41) is 12.1. The summed E-state index contributed by atoms with van der Waals surface area (Å²) < 4.78 is 15.5. The highest BCUT2D eigenvalue weighted by atomic mass is 16.5. The molecule has 1 rings (SSSR count). The van der Waals surface area contributed by atoms with Crippen LogP contribution in [0.3, 0.4) is 0 Å². The first-order valence-electron chi connectivity index (χ1n) is 4.87. The maximum atomic E-state index is 9.24. The fourth-order valence-corrected chi connectivity index (χ4v) is 1.41. The van der Waals surface area contributed by atoms with Gasteiger partial charge in [-0.1, -0.05) is 0 Å². The Morgan fingerprint density at radius 3 is 1.88 bits per heavy atom. The van der Waals surface area contributed by atoms with E-state index in [4.69, 9.17) is 14.2 Å². The van der Waals surface area contributed by atoms with Crippen molar-refractivity contribution in [3.05, 3.63) is 12.1 Å². The molecule has 90 valence electrons. The standard InChI is InChI=1S/C11H17NO4/c1-7(13)12-8-5-9(14-2)11(16-4)10(6-8)15-3/h5-7,12-13H,1-4H3. The van der Waals surface area contributed by atoms with E-state index >= 15 is 0 Å². The minimum absolute atomic E-state index is 0.529. The summed E-state index contributed by atoms with van der Waals surface area (Å²) in [5.74, 6) is 1.62. The number of hydrogen-bond donors (Lipinski definition) is 2. The van der Waals surface area contributed by atoms with Crippen molar-refractivity contribution in [1.29, 1.82) is 0 Å². The number of rotatable bonds is 5. The van der Waals surface area contributed by atoms with Gasteiger partial charge in [-0.25, -0.2) is 0 Å². The van der Waals surface area contributed by atoms with E-state index in [0.29, 0.717) is 22.9 Å². The van der Waals surface area contributed by atoms with Gasteiger partial charge in [0, 0.05) is 17.8 Å². The Balaban J connectivity index is 3.15. The number of nitrogens with one attached hydrogen (secondary N) is 1. The van der Waals surface area contributed by atoms with E-state index in [-0.39, 0.29) is 0 Å². The van der Waals surface area contributed by atoms with E-state index < -0.39 is 6.23 Å². The van der Waals surface area contributed by atoms with Crippen LogP contribution in [0.4, 0.5) is 5.69 Å². The molecule has 0 aliphatic rings. The summed E-state index contributed by atoms with van der Waals surface area (Å²) in [6.45, 7) is 1.63. The number of benzene rings is 1. The first kappa shape index (κ1) is 12.4. The van der Waals surface area contributed by atoms with Crippen LogP contribution < -0.4 is 19.5 Å². The molecule has 1 aromatic rings. The second-order valence-electron chi connectivity index (χ2n) is 3.23. The SMILES string of the molecule is COc1cc(NC(C)O)cc(OC)c1OC. The Labute approximate surface area is 94.9 Å². The van der Waals surface area contributed by atoms with Crippen LogP contribution in [0.25, 0.3) is 0 Å². The van der Waals surface area contributed by atoms with Gasteiger partial charge < -0.3 is 24.6 Å². The molecule has 0 fully saturated rings. The first-order valence-corrected chi connectivity index (χ1v) is 4.87. The van der Waals surface area contributed by atoms with Crippen LogP contribution in [0.2, 0.25) is 0 Å². The minimum Gasteiger partial charge on any atom is -0.493 e. The molecular formula is C11H17NO4. The molecule has 0 aromatic heterocycles. The first-order chi connectivity index (χ1) is 7.62. The average Bonchev–Trinajstić information content (AvgIpc) is 2.26. The molecule has 0 saturated heterocycles.